The van der Waals surface area contributed by atoms with Gasteiger partial charge in [0.25, 0.3) is 0 Å². The first kappa shape index (κ1) is 13.4. The first-order valence-corrected chi connectivity index (χ1v) is 7.68. The molecular weight excluding hydrogens is 276 g/mol. The summed E-state index contributed by atoms with van der Waals surface area (Å²) in [4.78, 5) is 12.9. The number of nitrogens with one attached hydrogen (secondary N) is 1. The van der Waals surface area contributed by atoms with Gasteiger partial charge >= 0.3 is 0 Å². The molecule has 5 nitrogen and oxygen atoms in total. The largest absolute Gasteiger partial charge is 0.461 e. The normalized spacial score (nSPS) is 16.5. The smallest absolute Gasteiger partial charge is 0.174 e. The molecular formula is C17H20N4O. The van der Waals surface area contributed by atoms with Crippen molar-refractivity contribution < 1.29 is 4.42 Å². The number of aryl methyl sites for hydroxylation is 1. The number of anilines is 1. The minimum absolute atomic E-state index is 0.775. The number of fused-ring (bicyclic) bond motifs is 1. The van der Waals surface area contributed by atoms with Crippen LogP contribution in [0.2, 0.25) is 0 Å². The lowest BCUT2D eigenvalue weighted by Crippen LogP contribution is -2.44. The predicted octanol–water partition coefficient (Wildman–Crippen LogP) is 2.88. The first-order valence-electron chi connectivity index (χ1n) is 7.68. The maximum Gasteiger partial charge on any atom is 0.174 e. The molecule has 0 bridgehead atoms. The number of nitrogens with zero attached hydrogens (tertiary/aromatic N) is 3. The average Bonchev–Trinajstić information content (AvgIpc) is 3.17. The highest BCUT2D eigenvalue weighted by Gasteiger charge is 2.17. The summed E-state index contributed by atoms with van der Waals surface area (Å²) < 4.78 is 5.44. The molecule has 0 radical (unpaired) electrons. The number of H-pyrrole nitrogens is 1. The van der Waals surface area contributed by atoms with Gasteiger partial charge in [0.05, 0.1) is 17.3 Å². The van der Waals surface area contributed by atoms with Crippen LogP contribution in [-0.4, -0.2) is 48.1 Å². The van der Waals surface area contributed by atoms with Crippen molar-refractivity contribution in [2.75, 3.05) is 38.1 Å². The molecule has 0 unspecified atom stereocenters. The van der Waals surface area contributed by atoms with Gasteiger partial charge in [0.2, 0.25) is 0 Å². The maximum absolute atomic E-state index is 5.44. The van der Waals surface area contributed by atoms with Crippen LogP contribution < -0.4 is 4.90 Å². The van der Waals surface area contributed by atoms with E-state index in [2.05, 4.69) is 45.9 Å². The number of imidazole rings is 1. The van der Waals surface area contributed by atoms with Gasteiger partial charge < -0.3 is 19.2 Å². The van der Waals surface area contributed by atoms with Crippen molar-refractivity contribution in [1.29, 1.82) is 0 Å². The number of likely N-dealkylation sites (N-methyl/N-ethyl adjacent to an activating group) is 1. The molecule has 1 aliphatic rings. The molecule has 2 aromatic heterocycles. The Morgan fingerprint density at radius 3 is 2.73 bits per heavy atom. The molecule has 0 amide bonds. The summed E-state index contributed by atoms with van der Waals surface area (Å²) in [5.74, 6) is 1.57. The quantitative estimate of drug-likeness (QED) is 0.790. The van der Waals surface area contributed by atoms with Gasteiger partial charge in [-0.05, 0) is 43.8 Å². The number of rotatable bonds is 2. The van der Waals surface area contributed by atoms with E-state index in [0.29, 0.717) is 0 Å². The summed E-state index contributed by atoms with van der Waals surface area (Å²) >= 11 is 0. The van der Waals surface area contributed by atoms with Gasteiger partial charge in [0, 0.05) is 31.9 Å². The van der Waals surface area contributed by atoms with E-state index >= 15 is 0 Å². The van der Waals surface area contributed by atoms with Gasteiger partial charge in [-0.1, -0.05) is 0 Å². The number of furan rings is 1. The average molecular weight is 296 g/mol. The van der Waals surface area contributed by atoms with E-state index in [9.17, 15) is 0 Å². The Bertz CT molecular complexity index is 782. The first-order chi connectivity index (χ1) is 10.7. The van der Waals surface area contributed by atoms with Crippen molar-refractivity contribution in [3.05, 3.63) is 36.1 Å². The second kappa shape index (κ2) is 5.18. The minimum atomic E-state index is 0.775. The Balaban J connectivity index is 1.73. The number of benzene rings is 1. The van der Waals surface area contributed by atoms with Crippen LogP contribution in [0.1, 0.15) is 5.56 Å². The Kier molecular flexibility index (Phi) is 3.15. The van der Waals surface area contributed by atoms with E-state index in [-0.39, 0.29) is 0 Å². The molecule has 1 saturated heterocycles. The molecule has 1 N–H and O–H groups in total. The summed E-state index contributed by atoms with van der Waals surface area (Å²) in [6, 6.07) is 8.24. The molecule has 0 saturated carbocycles. The van der Waals surface area contributed by atoms with Crippen LogP contribution in [0.15, 0.2) is 34.9 Å². The van der Waals surface area contributed by atoms with Crippen molar-refractivity contribution in [3.63, 3.8) is 0 Å². The van der Waals surface area contributed by atoms with Crippen LogP contribution in [0.25, 0.3) is 22.6 Å². The van der Waals surface area contributed by atoms with Gasteiger partial charge in [0.15, 0.2) is 11.6 Å². The summed E-state index contributed by atoms with van der Waals surface area (Å²) in [6.07, 6.45) is 1.67. The Morgan fingerprint density at radius 1 is 1.18 bits per heavy atom. The lowest BCUT2D eigenvalue weighted by atomic mass is 10.1. The van der Waals surface area contributed by atoms with Crippen molar-refractivity contribution in [2.45, 2.75) is 6.92 Å². The molecule has 1 aliphatic heterocycles. The van der Waals surface area contributed by atoms with Crippen molar-refractivity contribution in [3.8, 4) is 11.6 Å². The number of aromatic nitrogens is 2. The molecule has 4 rings (SSSR count). The monoisotopic (exact) mass is 296 g/mol. The third-order valence-electron chi connectivity index (χ3n) is 4.38. The van der Waals surface area contributed by atoms with Crippen LogP contribution in [-0.2, 0) is 0 Å². The zero-order valence-corrected chi connectivity index (χ0v) is 13.0. The minimum Gasteiger partial charge on any atom is -0.461 e. The topological polar surface area (TPSA) is 48.3 Å². The molecule has 1 fully saturated rings. The highest BCUT2D eigenvalue weighted by atomic mass is 16.3. The van der Waals surface area contributed by atoms with Gasteiger partial charge in [0.1, 0.15) is 0 Å². The molecule has 22 heavy (non-hydrogen) atoms. The maximum atomic E-state index is 5.44. The fourth-order valence-corrected chi connectivity index (χ4v) is 3.05. The highest BCUT2D eigenvalue weighted by molar-refractivity contribution is 5.85. The second-order valence-electron chi connectivity index (χ2n) is 6.01. The van der Waals surface area contributed by atoms with Gasteiger partial charge in [-0.2, -0.15) is 0 Å². The number of hydrogen-bond acceptors (Lipinski definition) is 4. The van der Waals surface area contributed by atoms with E-state index in [1.807, 2.05) is 12.1 Å². The summed E-state index contributed by atoms with van der Waals surface area (Å²) in [6.45, 7) is 6.48. The predicted molar refractivity (Wildman–Crippen MR) is 88.2 cm³/mol. The molecule has 1 aromatic carbocycles. The standard InChI is InChI=1S/C17H20N4O/c1-12-10-13(21-7-5-20(2)6-8-21)11-14-16(12)19-17(18-14)15-4-3-9-22-15/h3-4,9-11H,5-8H2,1-2H3,(H,18,19). The zero-order valence-electron chi connectivity index (χ0n) is 13.0. The zero-order chi connectivity index (χ0) is 15.1. The summed E-state index contributed by atoms with van der Waals surface area (Å²) in [5.41, 5.74) is 4.55. The van der Waals surface area contributed by atoms with E-state index in [0.717, 1.165) is 48.8 Å². The van der Waals surface area contributed by atoms with Crippen LogP contribution in [0.4, 0.5) is 5.69 Å². The molecule has 0 aliphatic carbocycles. The van der Waals surface area contributed by atoms with Crippen LogP contribution in [0, 0.1) is 6.92 Å². The van der Waals surface area contributed by atoms with E-state index < -0.39 is 0 Å². The summed E-state index contributed by atoms with van der Waals surface area (Å²) in [5, 5.41) is 0. The van der Waals surface area contributed by atoms with E-state index in [1.165, 1.54) is 11.3 Å². The lowest BCUT2D eigenvalue weighted by molar-refractivity contribution is 0.313. The van der Waals surface area contributed by atoms with Crippen LogP contribution in [0.5, 0.6) is 0 Å². The van der Waals surface area contributed by atoms with E-state index in [1.54, 1.807) is 6.26 Å². The van der Waals surface area contributed by atoms with Gasteiger partial charge in [-0.25, -0.2) is 4.98 Å². The SMILES string of the molecule is Cc1cc(N2CCN(C)CC2)cc2[nH]c(-c3ccco3)nc12. The lowest BCUT2D eigenvalue weighted by Gasteiger charge is -2.34. The molecule has 0 spiro atoms. The molecule has 3 aromatic rings. The molecule has 3 heterocycles. The number of piperazine rings is 1. The Labute approximate surface area is 129 Å². The van der Waals surface area contributed by atoms with Crippen molar-refractivity contribution >= 4 is 16.7 Å². The molecule has 114 valence electrons. The Morgan fingerprint density at radius 2 is 2.00 bits per heavy atom. The highest BCUT2D eigenvalue weighted by Crippen LogP contribution is 2.28. The summed E-state index contributed by atoms with van der Waals surface area (Å²) in [7, 11) is 2.18. The second-order valence-corrected chi connectivity index (χ2v) is 6.01. The Hall–Kier alpha value is -2.27. The van der Waals surface area contributed by atoms with Gasteiger partial charge in [-0.15, -0.1) is 0 Å². The van der Waals surface area contributed by atoms with Crippen LogP contribution in [0.3, 0.4) is 0 Å². The third-order valence-corrected chi connectivity index (χ3v) is 4.38. The fraction of sp³-hybridized carbons (Fsp3) is 0.353. The van der Waals surface area contributed by atoms with Gasteiger partial charge in [-0.3, -0.25) is 0 Å². The number of hydrogen-bond donors (Lipinski definition) is 1. The number of aromatic amines is 1. The third kappa shape index (κ3) is 2.27. The van der Waals surface area contributed by atoms with E-state index in [4.69, 9.17) is 4.42 Å². The fourth-order valence-electron chi connectivity index (χ4n) is 3.05. The van der Waals surface area contributed by atoms with Crippen molar-refractivity contribution in [2.24, 2.45) is 0 Å². The molecule has 5 heteroatoms. The van der Waals surface area contributed by atoms with Crippen LogP contribution >= 0.6 is 0 Å². The van der Waals surface area contributed by atoms with Crippen molar-refractivity contribution in [1.82, 2.24) is 14.9 Å². The molecule has 0 atom stereocenters.